The number of nitrogens with two attached hydrogens (primary N) is 2. The Morgan fingerprint density at radius 2 is 1.30 bits per heavy atom. The third-order valence-electron chi connectivity index (χ3n) is 4.22. The van der Waals surface area contributed by atoms with Crippen LogP contribution in [0, 0.1) is 0 Å². The van der Waals surface area contributed by atoms with Crippen LogP contribution in [0.15, 0.2) is 36.4 Å². The van der Waals surface area contributed by atoms with Crippen LogP contribution in [-0.4, -0.2) is 77.1 Å². The van der Waals surface area contributed by atoms with E-state index in [4.69, 9.17) is 46.5 Å². The van der Waals surface area contributed by atoms with Crippen molar-refractivity contribution in [1.29, 1.82) is 0 Å². The molecule has 4 atom stereocenters. The van der Waals surface area contributed by atoms with E-state index in [1.165, 1.54) is 0 Å². The number of aliphatic hydroxyl groups is 5. The monoisotopic (exact) mass is 424 g/mol. The Bertz CT molecular complexity index is 766. The molecule has 0 radical (unpaired) electrons. The Hall–Kier alpha value is -2.89. The van der Waals surface area contributed by atoms with Crippen molar-refractivity contribution in [3.8, 4) is 22.6 Å². The van der Waals surface area contributed by atoms with Gasteiger partial charge in [-0.15, -0.1) is 0 Å². The highest BCUT2D eigenvalue weighted by molar-refractivity contribution is 5.73. The highest BCUT2D eigenvalue weighted by atomic mass is 16.5. The zero-order chi connectivity index (χ0) is 22.8. The van der Waals surface area contributed by atoms with Gasteiger partial charge in [-0.2, -0.15) is 0 Å². The number of nitrogen functional groups attached to an aromatic ring is 2. The molecule has 0 aliphatic rings. The summed E-state index contributed by atoms with van der Waals surface area (Å²) in [5.41, 5.74) is 14.8. The van der Waals surface area contributed by atoms with Gasteiger partial charge in [-0.1, -0.05) is 12.1 Å². The zero-order valence-electron chi connectivity index (χ0n) is 16.7. The predicted molar refractivity (Wildman–Crippen MR) is 111 cm³/mol. The molecule has 0 aliphatic carbocycles. The van der Waals surface area contributed by atoms with Gasteiger partial charge in [0.15, 0.2) is 6.29 Å². The summed E-state index contributed by atoms with van der Waals surface area (Å²) in [6.45, 7) is -0.760. The first-order chi connectivity index (χ1) is 14.2. The minimum atomic E-state index is -1.79. The lowest BCUT2D eigenvalue weighted by atomic mass is 10.0. The molecule has 0 unspecified atom stereocenters. The number of anilines is 2. The van der Waals surface area contributed by atoms with E-state index in [-0.39, 0.29) is 6.29 Å². The first-order valence-corrected chi connectivity index (χ1v) is 8.85. The molecule has 0 aromatic heterocycles. The number of hydrogen-bond donors (Lipinski definition) is 7. The fourth-order valence-corrected chi connectivity index (χ4v) is 2.40. The van der Waals surface area contributed by atoms with Gasteiger partial charge in [0, 0.05) is 0 Å². The predicted octanol–water partition coefficient (Wildman–Crippen LogP) is -0.844. The van der Waals surface area contributed by atoms with Gasteiger partial charge in [0.25, 0.3) is 0 Å². The van der Waals surface area contributed by atoms with E-state index in [1.54, 1.807) is 14.2 Å². The van der Waals surface area contributed by atoms with Crippen LogP contribution in [0.2, 0.25) is 0 Å². The van der Waals surface area contributed by atoms with Gasteiger partial charge < -0.3 is 51.3 Å². The number of ether oxygens (including phenoxy) is 2. The molecule has 9 N–H and O–H groups in total. The molecule has 2 aromatic rings. The lowest BCUT2D eigenvalue weighted by molar-refractivity contribution is -0.136. The van der Waals surface area contributed by atoms with Gasteiger partial charge in [0.1, 0.15) is 35.9 Å². The average molecular weight is 424 g/mol. The molecular formula is C20H28N2O8. The summed E-state index contributed by atoms with van der Waals surface area (Å²) in [4.78, 5) is 9.90. The fourth-order valence-electron chi connectivity index (χ4n) is 2.40. The van der Waals surface area contributed by atoms with Crippen LogP contribution in [0.4, 0.5) is 11.4 Å². The van der Waals surface area contributed by atoms with Crippen molar-refractivity contribution in [3.05, 3.63) is 36.4 Å². The minimum absolute atomic E-state index is 0.0258. The van der Waals surface area contributed by atoms with Gasteiger partial charge >= 0.3 is 0 Å². The van der Waals surface area contributed by atoms with Gasteiger partial charge in [-0.05, 0) is 35.4 Å². The maximum Gasteiger partial charge on any atom is 0.151 e. The zero-order valence-corrected chi connectivity index (χ0v) is 16.7. The van der Waals surface area contributed by atoms with Crippen LogP contribution in [-0.2, 0) is 4.79 Å². The standard InChI is InChI=1S/C14H16N2O2.C6H12O6/c1-17-13-7-9(3-5-11(13)15)10-4-6-12(16)14(8-10)18-2;7-1-3(9)5(11)6(12)4(10)2-8/h3-8H,15-16H2,1-2H3;1,3-6,8-12H,2H2/t;3-,4+,5+,6+/m.0/s1. The second-order valence-electron chi connectivity index (χ2n) is 6.27. The topological polar surface area (TPSA) is 189 Å². The van der Waals surface area contributed by atoms with Crippen molar-refractivity contribution >= 4 is 17.7 Å². The smallest absolute Gasteiger partial charge is 0.151 e. The summed E-state index contributed by atoms with van der Waals surface area (Å²) in [7, 11) is 3.19. The van der Waals surface area contributed by atoms with Gasteiger partial charge in [0.2, 0.25) is 0 Å². The molecule has 10 nitrogen and oxygen atoms in total. The van der Waals surface area contributed by atoms with Crippen molar-refractivity contribution in [2.24, 2.45) is 0 Å². The van der Waals surface area contributed by atoms with Crippen molar-refractivity contribution in [2.45, 2.75) is 24.4 Å². The lowest BCUT2D eigenvalue weighted by Gasteiger charge is -2.22. The molecule has 0 heterocycles. The molecule has 0 aliphatic heterocycles. The maximum absolute atomic E-state index is 9.90. The van der Waals surface area contributed by atoms with E-state index in [9.17, 15) is 4.79 Å². The number of hydrogen-bond acceptors (Lipinski definition) is 10. The Labute approximate surface area is 173 Å². The number of carbonyl (C=O) groups is 1. The third-order valence-corrected chi connectivity index (χ3v) is 4.22. The van der Waals surface area contributed by atoms with Gasteiger partial charge in [-0.25, -0.2) is 0 Å². The summed E-state index contributed by atoms with van der Waals surface area (Å²) in [5, 5.41) is 43.5. The van der Waals surface area contributed by atoms with Crippen LogP contribution in [0.1, 0.15) is 0 Å². The minimum Gasteiger partial charge on any atom is -0.495 e. The Morgan fingerprint density at radius 1 is 0.867 bits per heavy atom. The van der Waals surface area contributed by atoms with Gasteiger partial charge in [0.05, 0.1) is 32.2 Å². The second kappa shape index (κ2) is 12.0. The number of aldehydes is 1. The molecule has 0 bridgehead atoms. The summed E-state index contributed by atoms with van der Waals surface area (Å²) in [6, 6.07) is 11.3. The Morgan fingerprint density at radius 3 is 1.63 bits per heavy atom. The van der Waals surface area contributed by atoms with Crippen LogP contribution >= 0.6 is 0 Å². The number of aliphatic hydroxyl groups excluding tert-OH is 5. The van der Waals surface area contributed by atoms with E-state index in [0.29, 0.717) is 22.9 Å². The lowest BCUT2D eigenvalue weighted by Crippen LogP contribution is -2.46. The van der Waals surface area contributed by atoms with Crippen molar-refractivity contribution in [3.63, 3.8) is 0 Å². The molecule has 0 fully saturated rings. The van der Waals surface area contributed by atoms with Crippen LogP contribution in [0.5, 0.6) is 11.5 Å². The molecule has 0 spiro atoms. The third kappa shape index (κ3) is 6.58. The van der Waals surface area contributed by atoms with E-state index < -0.39 is 31.0 Å². The van der Waals surface area contributed by atoms with Crippen molar-refractivity contribution in [1.82, 2.24) is 0 Å². The van der Waals surface area contributed by atoms with E-state index in [1.807, 2.05) is 36.4 Å². The molecule has 10 heteroatoms. The first kappa shape index (κ1) is 25.1. The van der Waals surface area contributed by atoms with Crippen molar-refractivity contribution in [2.75, 3.05) is 32.3 Å². The number of methoxy groups -OCH3 is 2. The number of benzene rings is 2. The fraction of sp³-hybridized carbons (Fsp3) is 0.350. The maximum atomic E-state index is 9.90. The normalized spacial score (nSPS) is 14.5. The molecule has 166 valence electrons. The van der Waals surface area contributed by atoms with E-state index in [0.717, 1.165) is 11.1 Å². The molecule has 2 aromatic carbocycles. The van der Waals surface area contributed by atoms with Crippen LogP contribution < -0.4 is 20.9 Å². The van der Waals surface area contributed by atoms with E-state index in [2.05, 4.69) is 0 Å². The van der Waals surface area contributed by atoms with E-state index >= 15 is 0 Å². The largest absolute Gasteiger partial charge is 0.495 e. The molecule has 0 saturated heterocycles. The highest BCUT2D eigenvalue weighted by Crippen LogP contribution is 2.32. The SMILES string of the molecule is COc1cc(-c2ccc(N)c(OC)c2)ccc1N.O=C[C@H](O)[C@@H](O)[C@H](O)[C@H](O)CO. The second-order valence-corrected chi connectivity index (χ2v) is 6.27. The highest BCUT2D eigenvalue weighted by Gasteiger charge is 2.29. The first-order valence-electron chi connectivity index (χ1n) is 8.85. The number of carbonyl (C=O) groups excluding carboxylic acids is 1. The molecule has 0 saturated carbocycles. The molecule has 0 amide bonds. The van der Waals surface area contributed by atoms with Gasteiger partial charge in [-0.3, -0.25) is 0 Å². The summed E-state index contributed by atoms with van der Waals surface area (Å²) < 4.78 is 10.4. The number of rotatable bonds is 8. The van der Waals surface area contributed by atoms with Crippen LogP contribution in [0.25, 0.3) is 11.1 Å². The van der Waals surface area contributed by atoms with Crippen LogP contribution in [0.3, 0.4) is 0 Å². The summed E-state index contributed by atoms with van der Waals surface area (Å²) in [5.74, 6) is 1.31. The molecular weight excluding hydrogens is 396 g/mol. The van der Waals surface area contributed by atoms with Crippen molar-refractivity contribution < 1.29 is 39.8 Å². The summed E-state index contributed by atoms with van der Waals surface area (Å²) in [6.07, 6.45) is -6.84. The Balaban J connectivity index is 0.000000329. The molecule has 30 heavy (non-hydrogen) atoms. The molecule has 2 rings (SSSR count). The quantitative estimate of drug-likeness (QED) is 0.208. The average Bonchev–Trinajstić information content (AvgIpc) is 2.78. The summed E-state index contributed by atoms with van der Waals surface area (Å²) >= 11 is 0. The Kier molecular flexibility index (Phi) is 10.0.